The lowest BCUT2D eigenvalue weighted by molar-refractivity contribution is -0.222. The number of ether oxygens (including phenoxy) is 3. The van der Waals surface area contributed by atoms with Crippen LogP contribution in [0.15, 0.2) is 28.7 Å². The number of methoxy groups -OCH3 is 1. The Morgan fingerprint density at radius 2 is 1.92 bits per heavy atom. The van der Waals surface area contributed by atoms with Crippen molar-refractivity contribution in [3.8, 4) is 0 Å². The lowest BCUT2D eigenvalue weighted by Crippen LogP contribution is -2.41. The van der Waals surface area contributed by atoms with E-state index >= 15 is 0 Å². The molecule has 1 aromatic carbocycles. The van der Waals surface area contributed by atoms with Crippen LogP contribution in [0.2, 0.25) is 5.02 Å². The summed E-state index contributed by atoms with van der Waals surface area (Å²) in [7, 11) is 1.32. The Balaban J connectivity index is 2.28. The fourth-order valence-corrected chi connectivity index (χ4v) is 3.33. The van der Waals surface area contributed by atoms with Crippen LogP contribution < -0.4 is 0 Å². The van der Waals surface area contributed by atoms with Gasteiger partial charge in [0.05, 0.1) is 13.5 Å². The zero-order chi connectivity index (χ0) is 18.6. The van der Waals surface area contributed by atoms with Gasteiger partial charge in [0.25, 0.3) is 5.79 Å². The molecule has 8 heteroatoms. The van der Waals surface area contributed by atoms with Crippen molar-refractivity contribution in [3.05, 3.63) is 34.4 Å². The van der Waals surface area contributed by atoms with Crippen LogP contribution in [-0.4, -0.2) is 36.6 Å². The number of benzene rings is 1. The van der Waals surface area contributed by atoms with E-state index < -0.39 is 17.7 Å². The molecule has 0 radical (unpaired) electrons. The Hall–Kier alpha value is -1.99. The molecule has 0 spiro atoms. The van der Waals surface area contributed by atoms with Crippen LogP contribution in [-0.2, 0) is 28.6 Å². The summed E-state index contributed by atoms with van der Waals surface area (Å²) in [5.41, 5.74) is 0.255. The number of cyclic esters (lactones) is 2. The highest BCUT2D eigenvalue weighted by atomic mass is 35.5. The Bertz CT molecular complexity index is 719. The number of carbonyl (C=O) groups excluding carboxylic acids is 3. The predicted octanol–water partition coefficient (Wildman–Crippen LogP) is 3.21. The Labute approximate surface area is 154 Å². The van der Waals surface area contributed by atoms with Crippen molar-refractivity contribution in [1.29, 1.82) is 0 Å². The second kappa shape index (κ2) is 7.93. The fourth-order valence-electron chi connectivity index (χ4n) is 2.05. The molecule has 0 aliphatic carbocycles. The van der Waals surface area contributed by atoms with Gasteiger partial charge in [-0.1, -0.05) is 17.7 Å². The second-order valence-electron chi connectivity index (χ2n) is 5.56. The number of hydrogen-bond acceptors (Lipinski definition) is 7. The van der Waals surface area contributed by atoms with E-state index in [-0.39, 0.29) is 18.0 Å². The van der Waals surface area contributed by atoms with Crippen LogP contribution >= 0.6 is 23.4 Å². The van der Waals surface area contributed by atoms with Crippen molar-refractivity contribution in [2.45, 2.75) is 31.0 Å². The number of halogens is 1. The van der Waals surface area contributed by atoms with Gasteiger partial charge in [-0.3, -0.25) is 4.79 Å². The average molecular weight is 385 g/mol. The molecule has 1 heterocycles. The highest BCUT2D eigenvalue weighted by Crippen LogP contribution is 2.33. The minimum absolute atomic E-state index is 0.224. The van der Waals surface area contributed by atoms with Gasteiger partial charge in [-0.2, -0.15) is 0 Å². The molecule has 0 aromatic heterocycles. The maximum Gasteiger partial charge on any atom is 0.348 e. The Kier molecular flexibility index (Phi) is 6.13. The van der Waals surface area contributed by atoms with Crippen LogP contribution in [0, 0.1) is 0 Å². The second-order valence-corrected chi connectivity index (χ2v) is 7.11. The van der Waals surface area contributed by atoms with Crippen molar-refractivity contribution in [3.63, 3.8) is 0 Å². The number of hydrogen-bond donors (Lipinski definition) is 0. The molecule has 0 atom stereocenters. The van der Waals surface area contributed by atoms with Crippen molar-refractivity contribution >= 4 is 47.3 Å². The van der Waals surface area contributed by atoms with E-state index in [1.165, 1.54) is 38.8 Å². The molecule has 25 heavy (non-hydrogen) atoms. The number of thioether (sulfide) groups is 1. The highest BCUT2D eigenvalue weighted by Gasteiger charge is 2.39. The van der Waals surface area contributed by atoms with Crippen LogP contribution in [0.4, 0.5) is 0 Å². The summed E-state index contributed by atoms with van der Waals surface area (Å²) in [5.74, 6) is -2.70. The highest BCUT2D eigenvalue weighted by molar-refractivity contribution is 7.99. The van der Waals surface area contributed by atoms with Gasteiger partial charge in [0.1, 0.15) is 5.57 Å². The van der Waals surface area contributed by atoms with E-state index in [0.29, 0.717) is 21.2 Å². The normalized spacial score (nSPS) is 16.1. The van der Waals surface area contributed by atoms with Crippen LogP contribution in [0.3, 0.4) is 0 Å². The first-order valence-electron chi connectivity index (χ1n) is 7.40. The third-order valence-corrected chi connectivity index (χ3v) is 4.61. The summed E-state index contributed by atoms with van der Waals surface area (Å²) in [6.07, 6.45) is 1.57. The summed E-state index contributed by atoms with van der Waals surface area (Å²) < 4.78 is 14.7. The molecule has 0 saturated carbocycles. The first kappa shape index (κ1) is 19.3. The van der Waals surface area contributed by atoms with Gasteiger partial charge in [0.15, 0.2) is 0 Å². The molecule has 1 saturated heterocycles. The molecule has 0 amide bonds. The van der Waals surface area contributed by atoms with Gasteiger partial charge in [-0.25, -0.2) is 9.59 Å². The van der Waals surface area contributed by atoms with E-state index in [1.807, 2.05) is 0 Å². The lowest BCUT2D eigenvalue weighted by Gasteiger charge is -2.29. The number of rotatable bonds is 5. The Morgan fingerprint density at radius 3 is 2.52 bits per heavy atom. The van der Waals surface area contributed by atoms with E-state index in [1.54, 1.807) is 18.2 Å². The third kappa shape index (κ3) is 4.99. The first-order valence-corrected chi connectivity index (χ1v) is 8.76. The van der Waals surface area contributed by atoms with E-state index in [4.69, 9.17) is 21.1 Å². The standard InChI is InChI=1S/C17H17ClO6S/c1-17(2)23-15(20)11(16(21)24-17)9-10-12(18)5-4-6-13(10)25-8-7-14(19)22-3/h4-6,9H,7-8H2,1-3H3. The smallest absolute Gasteiger partial charge is 0.348 e. The maximum atomic E-state index is 12.1. The summed E-state index contributed by atoms with van der Waals surface area (Å²) in [5, 5.41) is 0.362. The van der Waals surface area contributed by atoms with Crippen molar-refractivity contribution in [1.82, 2.24) is 0 Å². The van der Waals surface area contributed by atoms with Gasteiger partial charge < -0.3 is 14.2 Å². The van der Waals surface area contributed by atoms with Crippen molar-refractivity contribution in [2.24, 2.45) is 0 Å². The van der Waals surface area contributed by atoms with Crippen LogP contribution in [0.5, 0.6) is 0 Å². The molecule has 6 nitrogen and oxygen atoms in total. The topological polar surface area (TPSA) is 78.9 Å². The molecule has 1 fully saturated rings. The Morgan fingerprint density at radius 1 is 1.28 bits per heavy atom. The monoisotopic (exact) mass is 384 g/mol. The number of carbonyl (C=O) groups is 3. The molecule has 1 aromatic rings. The molecule has 0 bridgehead atoms. The first-order chi connectivity index (χ1) is 11.7. The predicted molar refractivity (Wildman–Crippen MR) is 93.0 cm³/mol. The van der Waals surface area contributed by atoms with Crippen molar-refractivity contribution < 1.29 is 28.6 Å². The molecule has 0 N–H and O–H groups in total. The average Bonchev–Trinajstić information content (AvgIpc) is 2.51. The zero-order valence-corrected chi connectivity index (χ0v) is 15.5. The van der Waals surface area contributed by atoms with Crippen LogP contribution in [0.25, 0.3) is 6.08 Å². The van der Waals surface area contributed by atoms with Gasteiger partial charge in [0, 0.05) is 35.1 Å². The SMILES string of the molecule is COC(=O)CCSc1cccc(Cl)c1C=C1C(=O)OC(C)(C)OC1=O. The van der Waals surface area contributed by atoms with E-state index in [2.05, 4.69) is 4.74 Å². The summed E-state index contributed by atoms with van der Waals surface area (Å²) in [6, 6.07) is 5.16. The van der Waals surface area contributed by atoms with Gasteiger partial charge in [-0.05, 0) is 18.2 Å². The van der Waals surface area contributed by atoms with Crippen LogP contribution in [0.1, 0.15) is 25.8 Å². The largest absolute Gasteiger partial charge is 0.469 e. The molecule has 1 aliphatic heterocycles. The molecule has 2 rings (SSSR count). The maximum absolute atomic E-state index is 12.1. The number of esters is 3. The molecular formula is C17H17ClO6S. The molecular weight excluding hydrogens is 368 g/mol. The van der Waals surface area contributed by atoms with E-state index in [9.17, 15) is 14.4 Å². The zero-order valence-electron chi connectivity index (χ0n) is 14.0. The fraction of sp³-hybridized carbons (Fsp3) is 0.353. The van der Waals surface area contributed by atoms with Gasteiger partial charge in [-0.15, -0.1) is 11.8 Å². The quantitative estimate of drug-likeness (QED) is 0.334. The minimum atomic E-state index is -1.30. The van der Waals surface area contributed by atoms with E-state index in [0.717, 1.165) is 0 Å². The van der Waals surface area contributed by atoms with Gasteiger partial charge in [0.2, 0.25) is 0 Å². The lowest BCUT2D eigenvalue weighted by atomic mass is 10.1. The van der Waals surface area contributed by atoms with Crippen molar-refractivity contribution in [2.75, 3.05) is 12.9 Å². The third-order valence-electron chi connectivity index (χ3n) is 3.21. The molecule has 0 unspecified atom stereocenters. The summed E-state index contributed by atoms with van der Waals surface area (Å²) in [6.45, 7) is 2.95. The minimum Gasteiger partial charge on any atom is -0.469 e. The molecule has 1 aliphatic rings. The van der Waals surface area contributed by atoms with Gasteiger partial charge >= 0.3 is 17.9 Å². The summed E-state index contributed by atoms with van der Waals surface area (Å²) in [4.78, 5) is 36.1. The summed E-state index contributed by atoms with van der Waals surface area (Å²) >= 11 is 7.58. The molecule has 134 valence electrons.